The maximum atomic E-state index is 4.13. The van der Waals surface area contributed by atoms with Crippen LogP contribution in [-0.2, 0) is 6.42 Å². The highest BCUT2D eigenvalue weighted by Crippen LogP contribution is 2.20. The summed E-state index contributed by atoms with van der Waals surface area (Å²) in [5.41, 5.74) is 1.12. The largest absolute Gasteiger partial charge is 0.319 e. The molecule has 0 aliphatic carbocycles. The standard InChI is InChI=1S/C13H19N5/c1-13(2,10-14-3)9-12-15-16-17-18(12)11-7-5-4-6-8-11/h4-8,14H,9-10H2,1-3H3. The van der Waals surface area contributed by atoms with E-state index >= 15 is 0 Å². The van der Waals surface area contributed by atoms with Gasteiger partial charge >= 0.3 is 0 Å². The lowest BCUT2D eigenvalue weighted by Gasteiger charge is -2.23. The van der Waals surface area contributed by atoms with Gasteiger partial charge in [0.1, 0.15) is 0 Å². The minimum Gasteiger partial charge on any atom is -0.319 e. The van der Waals surface area contributed by atoms with Crippen LogP contribution in [-0.4, -0.2) is 33.8 Å². The van der Waals surface area contributed by atoms with Gasteiger partial charge in [-0.3, -0.25) is 0 Å². The molecule has 0 unspecified atom stereocenters. The van der Waals surface area contributed by atoms with Gasteiger partial charge in [-0.2, -0.15) is 4.68 Å². The Morgan fingerprint density at radius 2 is 1.94 bits per heavy atom. The van der Waals surface area contributed by atoms with Crippen molar-refractivity contribution in [2.75, 3.05) is 13.6 Å². The van der Waals surface area contributed by atoms with E-state index in [-0.39, 0.29) is 5.41 Å². The molecule has 0 saturated carbocycles. The summed E-state index contributed by atoms with van der Waals surface area (Å²) in [6.07, 6.45) is 0.829. The molecule has 0 atom stereocenters. The third-order valence-electron chi connectivity index (χ3n) is 2.83. The van der Waals surface area contributed by atoms with Gasteiger partial charge in [-0.15, -0.1) is 5.10 Å². The summed E-state index contributed by atoms with van der Waals surface area (Å²) >= 11 is 0. The van der Waals surface area contributed by atoms with Crippen LogP contribution in [0.2, 0.25) is 0 Å². The van der Waals surface area contributed by atoms with Gasteiger partial charge in [0.05, 0.1) is 5.69 Å². The van der Waals surface area contributed by atoms with Crippen LogP contribution in [0.1, 0.15) is 19.7 Å². The summed E-state index contributed by atoms with van der Waals surface area (Å²) in [6, 6.07) is 9.97. The van der Waals surface area contributed by atoms with Crippen molar-refractivity contribution < 1.29 is 0 Å². The monoisotopic (exact) mass is 245 g/mol. The number of aromatic nitrogens is 4. The molecule has 0 spiro atoms. The van der Waals surface area contributed by atoms with Crippen molar-refractivity contribution in [2.24, 2.45) is 5.41 Å². The van der Waals surface area contributed by atoms with Crippen LogP contribution in [0.5, 0.6) is 0 Å². The molecule has 1 aromatic carbocycles. The Kier molecular flexibility index (Phi) is 3.72. The van der Waals surface area contributed by atoms with Crippen molar-refractivity contribution in [1.29, 1.82) is 0 Å². The molecule has 5 nitrogen and oxygen atoms in total. The fourth-order valence-corrected chi connectivity index (χ4v) is 2.05. The van der Waals surface area contributed by atoms with Crippen molar-refractivity contribution in [1.82, 2.24) is 25.5 Å². The smallest absolute Gasteiger partial charge is 0.157 e. The Morgan fingerprint density at radius 3 is 2.61 bits per heavy atom. The van der Waals surface area contributed by atoms with Crippen molar-refractivity contribution in [2.45, 2.75) is 20.3 Å². The zero-order valence-electron chi connectivity index (χ0n) is 11.1. The number of tetrazole rings is 1. The molecular weight excluding hydrogens is 226 g/mol. The molecule has 0 aliphatic rings. The first-order chi connectivity index (χ1) is 8.62. The summed E-state index contributed by atoms with van der Waals surface area (Å²) in [5.74, 6) is 0.890. The SMILES string of the molecule is CNCC(C)(C)Cc1nnnn1-c1ccccc1. The van der Waals surface area contributed by atoms with E-state index in [2.05, 4.69) is 34.7 Å². The van der Waals surface area contributed by atoms with E-state index in [1.165, 1.54) is 0 Å². The molecular formula is C13H19N5. The summed E-state index contributed by atoms with van der Waals surface area (Å²) in [6.45, 7) is 5.33. The van der Waals surface area contributed by atoms with Crippen LogP contribution in [0, 0.1) is 5.41 Å². The topological polar surface area (TPSA) is 55.6 Å². The first-order valence-corrected chi connectivity index (χ1v) is 6.10. The van der Waals surface area contributed by atoms with Gasteiger partial charge in [-0.1, -0.05) is 32.0 Å². The number of rotatable bonds is 5. The number of para-hydroxylation sites is 1. The zero-order chi connectivity index (χ0) is 13.0. The van der Waals surface area contributed by atoms with E-state index in [1.54, 1.807) is 4.68 Å². The highest BCUT2D eigenvalue weighted by molar-refractivity contribution is 5.30. The molecule has 2 aromatic rings. The predicted octanol–water partition coefficient (Wildman–Crippen LogP) is 1.45. The highest BCUT2D eigenvalue weighted by Gasteiger charge is 2.21. The van der Waals surface area contributed by atoms with Crippen LogP contribution in [0.25, 0.3) is 5.69 Å². The molecule has 0 fully saturated rings. The molecule has 0 aliphatic heterocycles. The van der Waals surface area contributed by atoms with E-state index in [4.69, 9.17) is 0 Å². The minimum absolute atomic E-state index is 0.121. The number of benzene rings is 1. The second-order valence-corrected chi connectivity index (χ2v) is 5.21. The molecule has 5 heteroatoms. The Morgan fingerprint density at radius 1 is 1.22 bits per heavy atom. The van der Waals surface area contributed by atoms with Gasteiger partial charge in [-0.05, 0) is 35.0 Å². The molecule has 1 heterocycles. The first kappa shape index (κ1) is 12.7. The Labute approximate surface area is 107 Å². The Hall–Kier alpha value is -1.75. The maximum Gasteiger partial charge on any atom is 0.157 e. The van der Waals surface area contributed by atoms with Gasteiger partial charge < -0.3 is 5.32 Å². The van der Waals surface area contributed by atoms with Crippen LogP contribution in [0.4, 0.5) is 0 Å². The van der Waals surface area contributed by atoms with Gasteiger partial charge in [0.25, 0.3) is 0 Å². The van der Waals surface area contributed by atoms with Gasteiger partial charge in [0.2, 0.25) is 0 Å². The van der Waals surface area contributed by atoms with Crippen molar-refractivity contribution in [3.8, 4) is 5.69 Å². The number of nitrogens with one attached hydrogen (secondary N) is 1. The lowest BCUT2D eigenvalue weighted by atomic mass is 9.89. The Bertz CT molecular complexity index is 489. The fourth-order valence-electron chi connectivity index (χ4n) is 2.05. The lowest BCUT2D eigenvalue weighted by Crippen LogP contribution is -2.29. The van der Waals surface area contributed by atoms with Crippen molar-refractivity contribution in [3.63, 3.8) is 0 Å². The maximum absolute atomic E-state index is 4.13. The molecule has 0 saturated heterocycles. The molecule has 1 N–H and O–H groups in total. The quantitative estimate of drug-likeness (QED) is 0.866. The summed E-state index contributed by atoms with van der Waals surface area (Å²) in [5, 5.41) is 15.2. The molecule has 1 aromatic heterocycles. The number of nitrogens with zero attached hydrogens (tertiary/aromatic N) is 4. The average Bonchev–Trinajstić information content (AvgIpc) is 2.77. The minimum atomic E-state index is 0.121. The van der Waals surface area contributed by atoms with E-state index < -0.39 is 0 Å². The van der Waals surface area contributed by atoms with E-state index in [9.17, 15) is 0 Å². The van der Waals surface area contributed by atoms with Crippen LogP contribution < -0.4 is 5.32 Å². The van der Waals surface area contributed by atoms with E-state index in [0.29, 0.717) is 0 Å². The molecule has 96 valence electrons. The lowest BCUT2D eigenvalue weighted by molar-refractivity contribution is 0.339. The summed E-state index contributed by atoms with van der Waals surface area (Å²) in [7, 11) is 1.96. The van der Waals surface area contributed by atoms with E-state index in [1.807, 2.05) is 37.4 Å². The van der Waals surface area contributed by atoms with Gasteiger partial charge in [0.15, 0.2) is 5.82 Å². The van der Waals surface area contributed by atoms with Crippen molar-refractivity contribution in [3.05, 3.63) is 36.2 Å². The molecule has 18 heavy (non-hydrogen) atoms. The molecule has 0 amide bonds. The average molecular weight is 245 g/mol. The molecule has 0 radical (unpaired) electrons. The van der Waals surface area contributed by atoms with Crippen LogP contribution in [0.15, 0.2) is 30.3 Å². The predicted molar refractivity (Wildman–Crippen MR) is 70.6 cm³/mol. The van der Waals surface area contributed by atoms with Crippen molar-refractivity contribution >= 4 is 0 Å². The zero-order valence-corrected chi connectivity index (χ0v) is 11.1. The summed E-state index contributed by atoms with van der Waals surface area (Å²) < 4.78 is 1.80. The fraction of sp³-hybridized carbons (Fsp3) is 0.462. The summed E-state index contributed by atoms with van der Waals surface area (Å²) in [4.78, 5) is 0. The number of hydrogen-bond donors (Lipinski definition) is 1. The second-order valence-electron chi connectivity index (χ2n) is 5.21. The first-order valence-electron chi connectivity index (χ1n) is 6.10. The molecule has 2 rings (SSSR count). The van der Waals surface area contributed by atoms with Gasteiger partial charge in [0, 0.05) is 13.0 Å². The molecule has 0 bridgehead atoms. The van der Waals surface area contributed by atoms with Crippen LogP contribution in [0.3, 0.4) is 0 Å². The normalized spacial score (nSPS) is 11.7. The second kappa shape index (κ2) is 5.27. The third-order valence-corrected chi connectivity index (χ3v) is 2.83. The third kappa shape index (κ3) is 2.92. The highest BCUT2D eigenvalue weighted by atomic mass is 15.5. The van der Waals surface area contributed by atoms with Gasteiger partial charge in [-0.25, -0.2) is 0 Å². The van der Waals surface area contributed by atoms with Crippen LogP contribution >= 0.6 is 0 Å². The Balaban J connectivity index is 2.24. The number of hydrogen-bond acceptors (Lipinski definition) is 4. The van der Waals surface area contributed by atoms with E-state index in [0.717, 1.165) is 24.5 Å².